The summed E-state index contributed by atoms with van der Waals surface area (Å²) < 4.78 is 1.11. The van der Waals surface area contributed by atoms with Gasteiger partial charge in [-0.05, 0) is 48.1 Å². The topological polar surface area (TPSA) is 55.3 Å². The van der Waals surface area contributed by atoms with E-state index in [2.05, 4.69) is 19.9 Å². The maximum absolute atomic E-state index is 6.37. The summed E-state index contributed by atoms with van der Waals surface area (Å²) in [6.07, 6.45) is 8.35. The third-order valence-corrected chi connectivity index (χ3v) is 4.36. The molecule has 1 aliphatic rings. The van der Waals surface area contributed by atoms with Gasteiger partial charge in [0.25, 0.3) is 0 Å². The lowest BCUT2D eigenvalue weighted by molar-refractivity contribution is 0.868. The normalized spacial score (nSPS) is 16.5. The maximum atomic E-state index is 6.37. The Balaban J connectivity index is 2.65. The summed E-state index contributed by atoms with van der Waals surface area (Å²) in [5, 5.41) is 0. The number of benzene rings is 1. The quantitative estimate of drug-likeness (QED) is 0.598. The molecule has 1 aromatic rings. The Kier molecular flexibility index (Phi) is 5.43. The molecular weight excluding hydrogens is 317 g/mol. The number of rotatable bonds is 4. The first-order valence-electron chi connectivity index (χ1n) is 7.39. The Morgan fingerprint density at radius 2 is 1.95 bits per heavy atom. The number of nitrogens with two attached hydrogens (primary N) is 2. The second-order valence-corrected chi connectivity index (χ2v) is 6.03. The van der Waals surface area contributed by atoms with Crippen molar-refractivity contribution in [2.24, 2.45) is 0 Å². The zero-order chi connectivity index (χ0) is 16.3. The molecule has 118 valence electrons. The average Bonchev–Trinajstić information content (AvgIpc) is 2.51. The number of nitrogens with zero attached hydrogens (tertiary/aromatic N) is 1. The second-order valence-electron chi connectivity index (χ2n) is 5.18. The summed E-state index contributed by atoms with van der Waals surface area (Å²) in [6, 6.07) is 3.90. The molecule has 0 unspecified atom stereocenters. The molecule has 0 aromatic heterocycles. The molecule has 0 fully saturated rings. The number of hydrogen-bond donors (Lipinski definition) is 2. The molecule has 2 rings (SSSR count). The lowest BCUT2D eigenvalue weighted by atomic mass is 9.89. The number of nitrogen functional groups attached to an aromatic ring is 2. The minimum atomic E-state index is 0.736. The lowest BCUT2D eigenvalue weighted by Gasteiger charge is -2.22. The van der Waals surface area contributed by atoms with Crippen molar-refractivity contribution in [3.05, 3.63) is 52.8 Å². The van der Waals surface area contributed by atoms with Gasteiger partial charge in [-0.15, -0.1) is 0 Å². The number of halogens is 2. The predicted octanol–water partition coefficient (Wildman–Crippen LogP) is 5.03. The Hall–Kier alpha value is -1.58. The molecule has 0 bridgehead atoms. The van der Waals surface area contributed by atoms with Gasteiger partial charge < -0.3 is 11.5 Å². The molecule has 0 spiro atoms. The molecule has 0 amide bonds. The summed E-state index contributed by atoms with van der Waals surface area (Å²) in [5.41, 5.74) is 18.9. The highest BCUT2D eigenvalue weighted by atomic mass is 35.5. The molecule has 5 heteroatoms. The van der Waals surface area contributed by atoms with Gasteiger partial charge in [0.15, 0.2) is 0 Å². The van der Waals surface area contributed by atoms with Crippen molar-refractivity contribution in [3.8, 4) is 0 Å². The highest BCUT2D eigenvalue weighted by molar-refractivity contribution is 6.35. The SMILES string of the molecule is CCC(=C1CC=CC=C1N(Cl)Cl)c1ccc(N)c(CC)c1N. The molecular formula is C17H21Cl2N3. The second kappa shape index (κ2) is 7.12. The van der Waals surface area contributed by atoms with E-state index in [1.54, 1.807) is 0 Å². The van der Waals surface area contributed by atoms with Gasteiger partial charge in [0.2, 0.25) is 0 Å². The molecule has 0 atom stereocenters. The van der Waals surface area contributed by atoms with Gasteiger partial charge >= 0.3 is 0 Å². The van der Waals surface area contributed by atoms with E-state index in [1.165, 1.54) is 0 Å². The molecule has 0 heterocycles. The van der Waals surface area contributed by atoms with Crippen LogP contribution in [0.4, 0.5) is 11.4 Å². The fourth-order valence-corrected chi connectivity index (χ4v) is 3.21. The van der Waals surface area contributed by atoms with Gasteiger partial charge in [-0.1, -0.05) is 32.1 Å². The highest BCUT2D eigenvalue weighted by Gasteiger charge is 2.19. The van der Waals surface area contributed by atoms with Crippen molar-refractivity contribution in [1.82, 2.24) is 3.94 Å². The van der Waals surface area contributed by atoms with E-state index in [0.29, 0.717) is 0 Å². The minimum absolute atomic E-state index is 0.736. The van der Waals surface area contributed by atoms with Crippen LogP contribution in [0, 0.1) is 0 Å². The lowest BCUT2D eigenvalue weighted by Crippen LogP contribution is -2.09. The first-order valence-corrected chi connectivity index (χ1v) is 8.06. The molecule has 3 nitrogen and oxygen atoms in total. The third-order valence-electron chi connectivity index (χ3n) is 3.99. The van der Waals surface area contributed by atoms with Crippen LogP contribution < -0.4 is 11.5 Å². The van der Waals surface area contributed by atoms with E-state index in [1.807, 2.05) is 24.3 Å². The van der Waals surface area contributed by atoms with E-state index in [-0.39, 0.29) is 0 Å². The standard InChI is InChI=1S/C17H21Cl2N3/c1-3-11(13-7-5-6-8-16(13)22(18)19)14-9-10-15(20)12(4-2)17(14)21/h5-6,8-10H,3-4,7,20-21H2,1-2H3. The molecule has 1 aliphatic carbocycles. The molecule has 22 heavy (non-hydrogen) atoms. The highest BCUT2D eigenvalue weighted by Crippen LogP contribution is 2.38. The monoisotopic (exact) mass is 337 g/mol. The number of hydrogen-bond acceptors (Lipinski definition) is 3. The van der Waals surface area contributed by atoms with E-state index in [0.717, 1.165) is 62.5 Å². The molecule has 1 aromatic carbocycles. The van der Waals surface area contributed by atoms with Gasteiger partial charge in [0.1, 0.15) is 0 Å². The average molecular weight is 338 g/mol. The smallest absolute Gasteiger partial charge is 0.0747 e. The third kappa shape index (κ3) is 3.11. The Morgan fingerprint density at radius 3 is 2.55 bits per heavy atom. The minimum Gasteiger partial charge on any atom is -0.398 e. The fraction of sp³-hybridized carbons (Fsp3) is 0.294. The van der Waals surface area contributed by atoms with Crippen molar-refractivity contribution in [3.63, 3.8) is 0 Å². The Morgan fingerprint density at radius 1 is 1.23 bits per heavy atom. The fourth-order valence-electron chi connectivity index (χ4n) is 2.89. The van der Waals surface area contributed by atoms with Gasteiger partial charge in [0.05, 0.1) is 5.70 Å². The van der Waals surface area contributed by atoms with Crippen LogP contribution in [0.2, 0.25) is 0 Å². The first kappa shape index (κ1) is 16.8. The van der Waals surface area contributed by atoms with E-state index < -0.39 is 0 Å². The number of allylic oxidation sites excluding steroid dienone is 5. The van der Waals surface area contributed by atoms with Gasteiger partial charge in [-0.25, -0.2) is 0 Å². The van der Waals surface area contributed by atoms with Crippen LogP contribution in [0.25, 0.3) is 5.57 Å². The largest absolute Gasteiger partial charge is 0.398 e. The van der Waals surface area contributed by atoms with Crippen molar-refractivity contribution in [2.45, 2.75) is 33.1 Å². The van der Waals surface area contributed by atoms with E-state index in [4.69, 9.17) is 35.0 Å². The van der Waals surface area contributed by atoms with Crippen LogP contribution in [0.1, 0.15) is 37.8 Å². The molecule has 0 radical (unpaired) electrons. The zero-order valence-corrected chi connectivity index (χ0v) is 14.4. The van der Waals surface area contributed by atoms with Crippen LogP contribution in [-0.2, 0) is 6.42 Å². The van der Waals surface area contributed by atoms with Crippen molar-refractivity contribution in [2.75, 3.05) is 11.5 Å². The summed E-state index contributed by atoms with van der Waals surface area (Å²) in [7, 11) is 0. The van der Waals surface area contributed by atoms with Crippen LogP contribution in [0.15, 0.2) is 41.6 Å². The van der Waals surface area contributed by atoms with Gasteiger partial charge in [-0.3, -0.25) is 0 Å². The first-order chi connectivity index (χ1) is 10.5. The zero-order valence-electron chi connectivity index (χ0n) is 12.9. The molecule has 0 aliphatic heterocycles. The van der Waals surface area contributed by atoms with Crippen molar-refractivity contribution < 1.29 is 0 Å². The van der Waals surface area contributed by atoms with Gasteiger partial charge in [0, 0.05) is 40.5 Å². The maximum Gasteiger partial charge on any atom is 0.0747 e. The van der Waals surface area contributed by atoms with Crippen molar-refractivity contribution >= 4 is 40.5 Å². The van der Waals surface area contributed by atoms with E-state index >= 15 is 0 Å². The molecule has 0 saturated carbocycles. The Labute approximate surface area is 142 Å². The molecule has 0 saturated heterocycles. The summed E-state index contributed by atoms with van der Waals surface area (Å²) in [6.45, 7) is 4.16. The predicted molar refractivity (Wildman–Crippen MR) is 97.2 cm³/mol. The van der Waals surface area contributed by atoms with Crippen molar-refractivity contribution in [1.29, 1.82) is 0 Å². The van der Waals surface area contributed by atoms with Crippen LogP contribution in [-0.4, -0.2) is 3.94 Å². The summed E-state index contributed by atoms with van der Waals surface area (Å²) in [5.74, 6) is 0. The number of anilines is 2. The van der Waals surface area contributed by atoms with Crippen LogP contribution in [0.3, 0.4) is 0 Å². The molecule has 4 N–H and O–H groups in total. The van der Waals surface area contributed by atoms with Crippen LogP contribution in [0.5, 0.6) is 0 Å². The van der Waals surface area contributed by atoms with Crippen LogP contribution >= 0.6 is 23.6 Å². The van der Waals surface area contributed by atoms with Gasteiger partial charge in [-0.2, -0.15) is 3.94 Å². The van der Waals surface area contributed by atoms with E-state index in [9.17, 15) is 0 Å². The summed E-state index contributed by atoms with van der Waals surface area (Å²) in [4.78, 5) is 0. The summed E-state index contributed by atoms with van der Waals surface area (Å²) >= 11 is 11.9. The Bertz CT molecular complexity index is 658.